The van der Waals surface area contributed by atoms with Crippen LogP contribution in [0.1, 0.15) is 49.0 Å². The first-order chi connectivity index (χ1) is 6.66. The fraction of sp³-hybridized carbons (Fsp3) is 0.600. The van der Waals surface area contributed by atoms with Crippen LogP contribution in [0, 0.1) is 0 Å². The molecule has 14 heavy (non-hydrogen) atoms. The molecule has 2 nitrogen and oxygen atoms in total. The van der Waals surface area contributed by atoms with E-state index in [1.807, 2.05) is 13.0 Å². The van der Waals surface area contributed by atoms with Crippen molar-refractivity contribution in [1.82, 2.24) is 9.97 Å². The van der Waals surface area contributed by atoms with Gasteiger partial charge in [0.05, 0.1) is 5.38 Å². The lowest BCUT2D eigenvalue weighted by Gasteiger charge is -2.25. The lowest BCUT2D eigenvalue weighted by molar-refractivity contribution is 0.409. The van der Waals surface area contributed by atoms with Crippen LogP contribution < -0.4 is 0 Å². The van der Waals surface area contributed by atoms with E-state index in [4.69, 9.17) is 23.2 Å². The molecule has 0 saturated heterocycles. The van der Waals surface area contributed by atoms with Crippen LogP contribution in [-0.2, 0) is 0 Å². The summed E-state index contributed by atoms with van der Waals surface area (Å²) in [5.74, 6) is 1.21. The first-order valence-electron chi connectivity index (χ1n) is 4.85. The van der Waals surface area contributed by atoms with Crippen molar-refractivity contribution in [2.24, 2.45) is 0 Å². The fourth-order valence-corrected chi connectivity index (χ4v) is 1.84. The van der Waals surface area contributed by atoms with Crippen molar-refractivity contribution in [1.29, 1.82) is 0 Å². The lowest BCUT2D eigenvalue weighted by Crippen LogP contribution is -2.12. The van der Waals surface area contributed by atoms with Gasteiger partial charge >= 0.3 is 0 Å². The highest BCUT2D eigenvalue weighted by Gasteiger charge is 2.22. The largest absolute Gasteiger partial charge is 0.236 e. The van der Waals surface area contributed by atoms with E-state index in [-0.39, 0.29) is 5.38 Å². The minimum Gasteiger partial charge on any atom is -0.236 e. The predicted octanol–water partition coefficient (Wildman–Crippen LogP) is 3.70. The van der Waals surface area contributed by atoms with Crippen molar-refractivity contribution in [3.63, 3.8) is 0 Å². The van der Waals surface area contributed by atoms with E-state index < -0.39 is 0 Å². The van der Waals surface area contributed by atoms with E-state index in [2.05, 4.69) is 9.97 Å². The zero-order valence-electron chi connectivity index (χ0n) is 8.00. The van der Waals surface area contributed by atoms with E-state index in [0.29, 0.717) is 16.9 Å². The smallest absolute Gasteiger partial charge is 0.147 e. The number of halogens is 2. The molecule has 76 valence electrons. The summed E-state index contributed by atoms with van der Waals surface area (Å²) in [7, 11) is 0. The summed E-state index contributed by atoms with van der Waals surface area (Å²) in [6, 6.07) is 1.86. The van der Waals surface area contributed by atoms with Crippen molar-refractivity contribution >= 4 is 23.2 Å². The molecule has 1 aromatic heterocycles. The molecule has 1 atom stereocenters. The maximum atomic E-state index is 5.93. The molecule has 0 bridgehead atoms. The Morgan fingerprint density at radius 3 is 2.64 bits per heavy atom. The van der Waals surface area contributed by atoms with Crippen LogP contribution in [-0.4, -0.2) is 9.97 Å². The van der Waals surface area contributed by atoms with Crippen molar-refractivity contribution in [3.8, 4) is 0 Å². The third kappa shape index (κ3) is 2.01. The molecule has 0 aliphatic heterocycles. The Morgan fingerprint density at radius 2 is 2.14 bits per heavy atom. The number of hydrogen-bond acceptors (Lipinski definition) is 2. The number of alkyl halides is 1. The molecule has 1 fully saturated rings. The summed E-state index contributed by atoms with van der Waals surface area (Å²) >= 11 is 11.8. The second-order valence-corrected chi connectivity index (χ2v) is 4.76. The molecule has 0 spiro atoms. The van der Waals surface area contributed by atoms with E-state index in [0.717, 1.165) is 5.69 Å². The second-order valence-electron chi connectivity index (χ2n) is 3.72. The van der Waals surface area contributed by atoms with Crippen molar-refractivity contribution in [2.75, 3.05) is 0 Å². The Bertz CT molecular complexity index is 335. The van der Waals surface area contributed by atoms with Gasteiger partial charge in [0, 0.05) is 11.6 Å². The maximum absolute atomic E-state index is 5.93. The van der Waals surface area contributed by atoms with Crippen LogP contribution in [0.2, 0.25) is 5.15 Å². The zero-order chi connectivity index (χ0) is 10.1. The Kier molecular flexibility index (Phi) is 2.93. The zero-order valence-corrected chi connectivity index (χ0v) is 9.52. The molecule has 1 saturated carbocycles. The van der Waals surface area contributed by atoms with E-state index in [1.165, 1.54) is 19.3 Å². The number of hydrogen-bond donors (Lipinski definition) is 0. The summed E-state index contributed by atoms with van der Waals surface area (Å²) in [5, 5.41) is 0.330. The molecule has 0 amide bonds. The molecule has 0 N–H and O–H groups in total. The standard InChI is InChI=1S/C10H12Cl2N2/c1-6(11)10-13-8(5-9(12)14-10)7-3-2-4-7/h5-7H,2-4H2,1H3/t6-/m1/s1. The topological polar surface area (TPSA) is 25.8 Å². The Hall–Kier alpha value is -0.340. The molecule has 1 heterocycles. The summed E-state index contributed by atoms with van der Waals surface area (Å²) < 4.78 is 0. The second kappa shape index (κ2) is 4.03. The van der Waals surface area contributed by atoms with Crippen LogP contribution in [0.4, 0.5) is 0 Å². The first-order valence-corrected chi connectivity index (χ1v) is 5.66. The third-order valence-corrected chi connectivity index (χ3v) is 3.00. The van der Waals surface area contributed by atoms with Gasteiger partial charge in [-0.3, -0.25) is 0 Å². The lowest BCUT2D eigenvalue weighted by atomic mass is 9.83. The fourth-order valence-electron chi connectivity index (χ4n) is 1.54. The van der Waals surface area contributed by atoms with Gasteiger partial charge in [-0.2, -0.15) is 0 Å². The molecule has 2 rings (SSSR count). The minimum absolute atomic E-state index is 0.174. The average Bonchev–Trinajstić information content (AvgIpc) is 1.99. The van der Waals surface area contributed by atoms with Gasteiger partial charge in [-0.1, -0.05) is 18.0 Å². The number of nitrogens with zero attached hydrogens (tertiary/aromatic N) is 2. The Balaban J connectivity index is 2.30. The SMILES string of the molecule is C[C@@H](Cl)c1nc(Cl)cc(C2CCC2)n1. The van der Waals surface area contributed by atoms with Crippen molar-refractivity contribution in [2.45, 2.75) is 37.5 Å². The highest BCUT2D eigenvalue weighted by Crippen LogP contribution is 2.36. The third-order valence-electron chi connectivity index (χ3n) is 2.61. The monoisotopic (exact) mass is 230 g/mol. The van der Waals surface area contributed by atoms with Crippen LogP contribution in [0.25, 0.3) is 0 Å². The highest BCUT2D eigenvalue weighted by atomic mass is 35.5. The van der Waals surface area contributed by atoms with Gasteiger partial charge in [-0.15, -0.1) is 11.6 Å². The Labute approximate surface area is 93.7 Å². The van der Waals surface area contributed by atoms with Gasteiger partial charge in [-0.05, 0) is 25.8 Å². The van der Waals surface area contributed by atoms with Gasteiger partial charge in [0.25, 0.3) is 0 Å². The van der Waals surface area contributed by atoms with Gasteiger partial charge in [-0.25, -0.2) is 9.97 Å². The molecule has 1 aliphatic carbocycles. The molecule has 0 radical (unpaired) electrons. The quantitative estimate of drug-likeness (QED) is 0.572. The predicted molar refractivity (Wildman–Crippen MR) is 57.9 cm³/mol. The Morgan fingerprint density at radius 1 is 1.43 bits per heavy atom. The summed E-state index contributed by atoms with van der Waals surface area (Å²) in [6.07, 6.45) is 3.71. The van der Waals surface area contributed by atoms with Crippen LogP contribution in [0.15, 0.2) is 6.07 Å². The van der Waals surface area contributed by atoms with Crippen LogP contribution in [0.3, 0.4) is 0 Å². The minimum atomic E-state index is -0.174. The molecule has 0 aromatic carbocycles. The van der Waals surface area contributed by atoms with Crippen LogP contribution >= 0.6 is 23.2 Å². The van der Waals surface area contributed by atoms with E-state index in [9.17, 15) is 0 Å². The molecular formula is C10H12Cl2N2. The number of rotatable bonds is 2. The van der Waals surface area contributed by atoms with E-state index >= 15 is 0 Å². The molecule has 1 aliphatic rings. The number of aromatic nitrogens is 2. The molecule has 1 aromatic rings. The summed E-state index contributed by atoms with van der Waals surface area (Å²) in [4.78, 5) is 8.52. The van der Waals surface area contributed by atoms with Gasteiger partial charge in [0.15, 0.2) is 0 Å². The summed E-state index contributed by atoms with van der Waals surface area (Å²) in [6.45, 7) is 1.86. The van der Waals surface area contributed by atoms with E-state index in [1.54, 1.807) is 0 Å². The maximum Gasteiger partial charge on any atom is 0.147 e. The molecule has 4 heteroatoms. The van der Waals surface area contributed by atoms with Crippen LogP contribution in [0.5, 0.6) is 0 Å². The van der Waals surface area contributed by atoms with Gasteiger partial charge in [0.2, 0.25) is 0 Å². The summed E-state index contributed by atoms with van der Waals surface area (Å²) in [5.41, 5.74) is 1.05. The van der Waals surface area contributed by atoms with Crippen molar-refractivity contribution < 1.29 is 0 Å². The van der Waals surface area contributed by atoms with Crippen molar-refractivity contribution in [3.05, 3.63) is 22.7 Å². The first kappa shape index (κ1) is 10.2. The highest BCUT2D eigenvalue weighted by molar-refractivity contribution is 6.29. The average molecular weight is 231 g/mol. The normalized spacial score (nSPS) is 19.1. The molecule has 0 unspecified atom stereocenters. The van der Waals surface area contributed by atoms with Gasteiger partial charge < -0.3 is 0 Å². The molecular weight excluding hydrogens is 219 g/mol. The van der Waals surface area contributed by atoms with Gasteiger partial charge in [0.1, 0.15) is 11.0 Å².